The summed E-state index contributed by atoms with van der Waals surface area (Å²) in [6.45, 7) is 3.09. The minimum atomic E-state index is -0.769. The minimum Gasteiger partial charge on any atom is -0.467 e. The molecule has 0 aromatic carbocycles. The van der Waals surface area contributed by atoms with Crippen LogP contribution in [0.2, 0.25) is 0 Å². The van der Waals surface area contributed by atoms with Crippen LogP contribution in [0.1, 0.15) is 122 Å². The Morgan fingerprint density at radius 1 is 0.657 bits per heavy atom. The summed E-state index contributed by atoms with van der Waals surface area (Å²) >= 11 is 0. The second-order valence-corrected chi connectivity index (χ2v) is 9.56. The lowest BCUT2D eigenvalue weighted by molar-refractivity contribution is -0.145. The Morgan fingerprint density at radius 3 is 1.57 bits per heavy atom. The van der Waals surface area contributed by atoms with Crippen molar-refractivity contribution in [1.29, 1.82) is 0 Å². The van der Waals surface area contributed by atoms with Crippen LogP contribution < -0.4 is 22.1 Å². The van der Waals surface area contributed by atoms with Gasteiger partial charge < -0.3 is 26.8 Å². The van der Waals surface area contributed by atoms with E-state index in [1.54, 1.807) is 0 Å². The number of methoxy groups -OCH3 is 1. The average molecular weight is 499 g/mol. The highest BCUT2D eigenvalue weighted by molar-refractivity contribution is 5.90. The van der Waals surface area contributed by atoms with Crippen molar-refractivity contribution in [3.8, 4) is 0 Å². The van der Waals surface area contributed by atoms with Crippen LogP contribution in [0.25, 0.3) is 0 Å². The highest BCUT2D eigenvalue weighted by Gasteiger charge is 2.26. The first-order valence-electron chi connectivity index (χ1n) is 14.1. The van der Waals surface area contributed by atoms with Crippen molar-refractivity contribution in [1.82, 2.24) is 10.6 Å². The van der Waals surface area contributed by atoms with Crippen LogP contribution in [0, 0.1) is 0 Å². The molecule has 0 saturated heterocycles. The molecule has 0 saturated carbocycles. The zero-order valence-corrected chi connectivity index (χ0v) is 22.6. The third-order valence-corrected chi connectivity index (χ3v) is 6.36. The van der Waals surface area contributed by atoms with Gasteiger partial charge >= 0.3 is 5.97 Å². The van der Waals surface area contributed by atoms with E-state index in [0.717, 1.165) is 19.3 Å². The number of rotatable bonds is 24. The summed E-state index contributed by atoms with van der Waals surface area (Å²) < 4.78 is 4.78. The van der Waals surface area contributed by atoms with Gasteiger partial charge in [0.15, 0.2) is 0 Å². The van der Waals surface area contributed by atoms with Gasteiger partial charge in [-0.1, -0.05) is 84.0 Å². The monoisotopic (exact) mass is 498 g/mol. The van der Waals surface area contributed by atoms with Crippen LogP contribution in [0.3, 0.4) is 0 Å². The molecule has 0 bridgehead atoms. The summed E-state index contributed by atoms with van der Waals surface area (Å²) in [5.74, 6) is -1.03. The molecule has 2 amide bonds. The predicted octanol–water partition coefficient (Wildman–Crippen LogP) is 4.09. The van der Waals surface area contributed by atoms with E-state index in [2.05, 4.69) is 17.6 Å². The van der Waals surface area contributed by atoms with Gasteiger partial charge in [0.25, 0.3) is 0 Å². The number of hydrogen-bond acceptors (Lipinski definition) is 6. The normalized spacial score (nSPS) is 12.7. The lowest BCUT2D eigenvalue weighted by Crippen LogP contribution is -2.52. The zero-order valence-electron chi connectivity index (χ0n) is 22.6. The Hall–Kier alpha value is -1.67. The van der Waals surface area contributed by atoms with Crippen molar-refractivity contribution in [2.24, 2.45) is 11.5 Å². The molecular formula is C27H54N4O4. The number of carbonyl (C=O) groups is 3. The second-order valence-electron chi connectivity index (χ2n) is 9.56. The van der Waals surface area contributed by atoms with Crippen LogP contribution in [-0.4, -0.2) is 50.1 Å². The summed E-state index contributed by atoms with van der Waals surface area (Å²) in [7, 11) is 1.28. The summed E-state index contributed by atoms with van der Waals surface area (Å²) in [4.78, 5) is 37.2. The average Bonchev–Trinajstić information content (AvgIpc) is 2.86. The molecule has 8 heteroatoms. The zero-order chi connectivity index (χ0) is 26.2. The maximum atomic E-state index is 12.8. The Labute approximate surface area is 214 Å². The largest absolute Gasteiger partial charge is 0.467 e. The van der Waals surface area contributed by atoms with E-state index in [1.165, 1.54) is 71.3 Å². The summed E-state index contributed by atoms with van der Waals surface area (Å²) in [5.41, 5.74) is 11.1. The van der Waals surface area contributed by atoms with Gasteiger partial charge in [-0.05, 0) is 45.2 Å². The lowest BCUT2D eigenvalue weighted by Gasteiger charge is -2.22. The fourth-order valence-corrected chi connectivity index (χ4v) is 4.15. The van der Waals surface area contributed by atoms with Crippen molar-refractivity contribution in [3.05, 3.63) is 0 Å². The minimum absolute atomic E-state index is 0.137. The number of carbonyl (C=O) groups excluding carboxylic acids is 3. The highest BCUT2D eigenvalue weighted by Crippen LogP contribution is 2.13. The van der Waals surface area contributed by atoms with Gasteiger partial charge in [-0.3, -0.25) is 9.59 Å². The Morgan fingerprint density at radius 2 is 1.11 bits per heavy atom. The van der Waals surface area contributed by atoms with Crippen LogP contribution in [0.5, 0.6) is 0 Å². The molecule has 0 aliphatic heterocycles. The molecule has 6 N–H and O–H groups in total. The van der Waals surface area contributed by atoms with Crippen molar-refractivity contribution in [2.45, 2.75) is 135 Å². The summed E-state index contributed by atoms with van der Waals surface area (Å²) in [6, 6.07) is -1.48. The summed E-state index contributed by atoms with van der Waals surface area (Å²) in [5, 5.41) is 5.54. The van der Waals surface area contributed by atoms with E-state index in [9.17, 15) is 14.4 Å². The molecule has 0 rings (SSSR count). The standard InChI is InChI=1S/C27H54N4O4/c1-3-4-5-6-7-8-9-10-11-12-13-14-15-20-25(32)30-23(18-16-21-28)26(33)31-24(19-17-22-29)27(34)35-2/h23-24H,3-22,28-29H2,1-2H3,(H,30,32)(H,31,33)/t23-,24-/m0/s1. The van der Waals surface area contributed by atoms with Crippen LogP contribution >= 0.6 is 0 Å². The van der Waals surface area contributed by atoms with Crippen molar-refractivity contribution < 1.29 is 19.1 Å². The third-order valence-electron chi connectivity index (χ3n) is 6.36. The van der Waals surface area contributed by atoms with Crippen molar-refractivity contribution >= 4 is 17.8 Å². The molecule has 0 unspecified atom stereocenters. The molecule has 0 aliphatic carbocycles. The maximum absolute atomic E-state index is 12.8. The number of ether oxygens (including phenoxy) is 1. The van der Waals surface area contributed by atoms with Gasteiger partial charge in [-0.25, -0.2) is 4.79 Å². The van der Waals surface area contributed by atoms with Gasteiger partial charge in [-0.15, -0.1) is 0 Å². The van der Waals surface area contributed by atoms with Gasteiger partial charge in [0.2, 0.25) is 11.8 Å². The molecule has 0 aromatic rings. The molecular weight excluding hydrogens is 444 g/mol. The van der Waals surface area contributed by atoms with E-state index < -0.39 is 18.1 Å². The first kappa shape index (κ1) is 33.3. The molecule has 35 heavy (non-hydrogen) atoms. The number of amides is 2. The highest BCUT2D eigenvalue weighted by atomic mass is 16.5. The van der Waals surface area contributed by atoms with Crippen LogP contribution in [-0.2, 0) is 19.1 Å². The second kappa shape index (κ2) is 24.0. The molecule has 0 aliphatic rings. The number of esters is 1. The Kier molecular flexibility index (Phi) is 22.9. The topological polar surface area (TPSA) is 137 Å². The fraction of sp³-hybridized carbons (Fsp3) is 0.889. The fourth-order valence-electron chi connectivity index (χ4n) is 4.15. The molecule has 0 fully saturated rings. The van der Waals surface area contributed by atoms with Gasteiger partial charge in [-0.2, -0.15) is 0 Å². The number of hydrogen-bond donors (Lipinski definition) is 4. The molecule has 0 aromatic heterocycles. The molecule has 0 radical (unpaired) electrons. The lowest BCUT2D eigenvalue weighted by atomic mass is 10.0. The van der Waals surface area contributed by atoms with Gasteiger partial charge in [0.1, 0.15) is 12.1 Å². The van der Waals surface area contributed by atoms with E-state index in [1.807, 2.05) is 0 Å². The molecule has 206 valence electrons. The van der Waals surface area contributed by atoms with Gasteiger partial charge in [0.05, 0.1) is 7.11 Å². The van der Waals surface area contributed by atoms with Crippen LogP contribution in [0.4, 0.5) is 0 Å². The van der Waals surface area contributed by atoms with Crippen LogP contribution in [0.15, 0.2) is 0 Å². The van der Waals surface area contributed by atoms with Gasteiger partial charge in [0, 0.05) is 6.42 Å². The van der Waals surface area contributed by atoms with Crippen molar-refractivity contribution in [2.75, 3.05) is 20.2 Å². The van der Waals surface area contributed by atoms with E-state index in [0.29, 0.717) is 45.2 Å². The molecule has 0 heterocycles. The molecule has 8 nitrogen and oxygen atoms in total. The number of unbranched alkanes of at least 4 members (excludes halogenated alkanes) is 12. The van der Waals surface area contributed by atoms with E-state index in [-0.39, 0.29) is 11.8 Å². The predicted molar refractivity (Wildman–Crippen MR) is 143 cm³/mol. The Bertz CT molecular complexity index is 545. The van der Waals surface area contributed by atoms with Crippen molar-refractivity contribution in [3.63, 3.8) is 0 Å². The first-order valence-corrected chi connectivity index (χ1v) is 14.1. The van der Waals surface area contributed by atoms with E-state index >= 15 is 0 Å². The van der Waals surface area contributed by atoms with E-state index in [4.69, 9.17) is 16.2 Å². The third kappa shape index (κ3) is 19.2. The quantitative estimate of drug-likeness (QED) is 0.117. The molecule has 2 atom stereocenters. The number of nitrogens with one attached hydrogen (secondary N) is 2. The first-order chi connectivity index (χ1) is 17.0. The smallest absolute Gasteiger partial charge is 0.328 e. The summed E-state index contributed by atoms with van der Waals surface area (Å²) in [6.07, 6.45) is 18.7. The maximum Gasteiger partial charge on any atom is 0.328 e. The Balaban J connectivity index is 4.16. The SMILES string of the molecule is CCCCCCCCCCCCCCCC(=O)N[C@@H](CCCN)C(=O)N[C@@H](CCCN)C(=O)OC. The number of nitrogens with two attached hydrogens (primary N) is 2. The molecule has 0 spiro atoms.